The normalized spacial score (nSPS) is 17.3. The summed E-state index contributed by atoms with van der Waals surface area (Å²) in [6.07, 6.45) is 1.47. The van der Waals surface area contributed by atoms with Crippen LogP contribution in [-0.4, -0.2) is 46.9 Å². The van der Waals surface area contributed by atoms with Gasteiger partial charge in [-0.15, -0.1) is 0 Å². The zero-order valence-corrected chi connectivity index (χ0v) is 13.9. The molecule has 0 aliphatic carbocycles. The van der Waals surface area contributed by atoms with Gasteiger partial charge in [0.05, 0.1) is 28.6 Å². The minimum Gasteiger partial charge on any atom is -0.383 e. The Morgan fingerprint density at radius 2 is 2.18 bits per heavy atom. The summed E-state index contributed by atoms with van der Waals surface area (Å²) in [6.45, 7) is 1.18. The monoisotopic (exact) mass is 346 g/mol. The molecule has 0 unspecified atom stereocenters. The molecule has 0 saturated carbocycles. The van der Waals surface area contributed by atoms with E-state index in [2.05, 4.69) is 5.32 Å². The Bertz CT molecular complexity index is 648. The zero-order valence-electron chi connectivity index (χ0n) is 12.3. The molecule has 1 fully saturated rings. The van der Waals surface area contributed by atoms with Crippen molar-refractivity contribution >= 4 is 33.2 Å². The molecule has 8 heteroatoms. The van der Waals surface area contributed by atoms with Crippen molar-refractivity contribution in [2.24, 2.45) is 0 Å². The molecule has 22 heavy (non-hydrogen) atoms. The Labute approximate surface area is 135 Å². The van der Waals surface area contributed by atoms with Crippen molar-refractivity contribution in [2.45, 2.75) is 12.8 Å². The predicted octanol–water partition coefficient (Wildman–Crippen LogP) is 1.65. The fourth-order valence-corrected chi connectivity index (χ4v) is 4.12. The summed E-state index contributed by atoms with van der Waals surface area (Å²) < 4.78 is 30.5. The molecule has 1 aromatic rings. The Kier molecular flexibility index (Phi) is 5.66. The highest BCUT2D eigenvalue weighted by Gasteiger charge is 2.27. The van der Waals surface area contributed by atoms with Crippen molar-refractivity contribution in [1.82, 2.24) is 5.32 Å². The van der Waals surface area contributed by atoms with E-state index < -0.39 is 10.0 Å². The predicted molar refractivity (Wildman–Crippen MR) is 86.0 cm³/mol. The van der Waals surface area contributed by atoms with Crippen LogP contribution in [0.5, 0.6) is 0 Å². The molecule has 2 rings (SSSR count). The molecule has 1 N–H and O–H groups in total. The maximum atomic E-state index is 12.1. The molecule has 1 aliphatic heterocycles. The second-order valence-electron chi connectivity index (χ2n) is 5.01. The number of nitrogens with one attached hydrogen (secondary N) is 1. The molecule has 6 nitrogen and oxygen atoms in total. The van der Waals surface area contributed by atoms with E-state index >= 15 is 0 Å². The van der Waals surface area contributed by atoms with Gasteiger partial charge in [0.1, 0.15) is 0 Å². The lowest BCUT2D eigenvalue weighted by molar-refractivity contribution is 0.0937. The molecule has 1 saturated heterocycles. The van der Waals surface area contributed by atoms with Crippen molar-refractivity contribution < 1.29 is 17.9 Å². The Hall–Kier alpha value is -1.31. The average molecular weight is 347 g/mol. The highest BCUT2D eigenvalue weighted by atomic mass is 35.5. The van der Waals surface area contributed by atoms with Crippen molar-refractivity contribution in [1.29, 1.82) is 0 Å². The second kappa shape index (κ2) is 7.30. The smallest absolute Gasteiger partial charge is 0.252 e. The number of anilines is 1. The van der Waals surface area contributed by atoms with E-state index in [1.54, 1.807) is 19.2 Å². The van der Waals surface area contributed by atoms with Crippen LogP contribution in [0.3, 0.4) is 0 Å². The summed E-state index contributed by atoms with van der Waals surface area (Å²) >= 11 is 6.05. The van der Waals surface area contributed by atoms with Gasteiger partial charge in [0.25, 0.3) is 5.91 Å². The van der Waals surface area contributed by atoms with E-state index in [1.165, 1.54) is 10.4 Å². The summed E-state index contributed by atoms with van der Waals surface area (Å²) in [5, 5.41) is 2.96. The quantitative estimate of drug-likeness (QED) is 0.822. The molecule has 0 bridgehead atoms. The fourth-order valence-electron chi connectivity index (χ4n) is 2.28. The van der Waals surface area contributed by atoms with Gasteiger partial charge in [-0.05, 0) is 31.0 Å². The number of rotatable bonds is 5. The minimum absolute atomic E-state index is 0.130. The Morgan fingerprint density at radius 3 is 2.86 bits per heavy atom. The van der Waals surface area contributed by atoms with Crippen molar-refractivity contribution in [2.75, 3.05) is 36.9 Å². The van der Waals surface area contributed by atoms with Crippen LogP contribution in [0.25, 0.3) is 0 Å². The zero-order chi connectivity index (χ0) is 16.2. The molecular formula is C14H19ClN2O4S. The fraction of sp³-hybridized carbons (Fsp3) is 0.500. The SMILES string of the molecule is COCCNC(=O)c1cc(N2CCCCS2(=O)=O)ccc1Cl. The summed E-state index contributed by atoms with van der Waals surface area (Å²) in [5.41, 5.74) is 0.733. The van der Waals surface area contributed by atoms with Gasteiger partial charge >= 0.3 is 0 Å². The number of hydrogen-bond donors (Lipinski definition) is 1. The van der Waals surface area contributed by atoms with Crippen LogP contribution in [0, 0.1) is 0 Å². The number of methoxy groups -OCH3 is 1. The summed E-state index contributed by atoms with van der Waals surface area (Å²) in [5.74, 6) is -0.219. The van der Waals surface area contributed by atoms with Gasteiger partial charge < -0.3 is 10.1 Å². The first-order valence-corrected chi connectivity index (χ1v) is 9.01. The van der Waals surface area contributed by atoms with Gasteiger partial charge in [0, 0.05) is 20.2 Å². The third kappa shape index (κ3) is 3.91. The standard InChI is InChI=1S/C14H19ClN2O4S/c1-21-8-6-16-14(18)12-10-11(4-5-13(12)15)17-7-2-3-9-22(17,19)20/h4-5,10H,2-3,6-9H2,1H3,(H,16,18). The van der Waals surface area contributed by atoms with Crippen LogP contribution in [0.15, 0.2) is 18.2 Å². The van der Waals surface area contributed by atoms with Crippen LogP contribution in [0.1, 0.15) is 23.2 Å². The van der Waals surface area contributed by atoms with E-state index in [0.29, 0.717) is 31.8 Å². The van der Waals surface area contributed by atoms with Gasteiger partial charge in [-0.2, -0.15) is 0 Å². The first-order chi connectivity index (χ1) is 10.5. The van der Waals surface area contributed by atoms with Crippen LogP contribution in [0.2, 0.25) is 5.02 Å². The van der Waals surface area contributed by atoms with Crippen LogP contribution in [-0.2, 0) is 14.8 Å². The first kappa shape index (κ1) is 17.1. The lowest BCUT2D eigenvalue weighted by Crippen LogP contribution is -2.38. The van der Waals surface area contributed by atoms with Gasteiger partial charge in [0.2, 0.25) is 10.0 Å². The molecule has 122 valence electrons. The lowest BCUT2D eigenvalue weighted by atomic mass is 10.1. The molecule has 0 aromatic heterocycles. The van der Waals surface area contributed by atoms with E-state index in [9.17, 15) is 13.2 Å². The summed E-state index contributed by atoms with van der Waals surface area (Å²) in [7, 11) is -1.77. The van der Waals surface area contributed by atoms with Crippen LogP contribution < -0.4 is 9.62 Å². The molecule has 1 heterocycles. The lowest BCUT2D eigenvalue weighted by Gasteiger charge is -2.28. The largest absolute Gasteiger partial charge is 0.383 e. The minimum atomic E-state index is -3.31. The number of halogens is 1. The second-order valence-corrected chi connectivity index (χ2v) is 7.43. The summed E-state index contributed by atoms with van der Waals surface area (Å²) in [4.78, 5) is 12.1. The van der Waals surface area contributed by atoms with Gasteiger partial charge in [0.15, 0.2) is 0 Å². The third-order valence-electron chi connectivity index (χ3n) is 3.42. The average Bonchev–Trinajstić information content (AvgIpc) is 2.48. The van der Waals surface area contributed by atoms with Gasteiger partial charge in [-0.1, -0.05) is 11.6 Å². The number of sulfonamides is 1. The third-order valence-corrected chi connectivity index (χ3v) is 5.62. The molecule has 0 atom stereocenters. The molecule has 1 amide bonds. The van der Waals surface area contributed by atoms with Crippen LogP contribution >= 0.6 is 11.6 Å². The maximum absolute atomic E-state index is 12.1. The van der Waals surface area contributed by atoms with Gasteiger partial charge in [-0.3, -0.25) is 9.10 Å². The number of nitrogens with zero attached hydrogens (tertiary/aromatic N) is 1. The number of carbonyl (C=O) groups is 1. The number of carbonyl (C=O) groups excluding carboxylic acids is 1. The van der Waals surface area contributed by atoms with Crippen molar-refractivity contribution in [3.05, 3.63) is 28.8 Å². The van der Waals surface area contributed by atoms with Crippen molar-refractivity contribution in [3.63, 3.8) is 0 Å². The number of ether oxygens (including phenoxy) is 1. The van der Waals surface area contributed by atoms with E-state index in [4.69, 9.17) is 16.3 Å². The molecule has 1 aromatic carbocycles. The summed E-state index contributed by atoms with van der Waals surface area (Å²) in [6, 6.07) is 4.69. The number of amides is 1. The van der Waals surface area contributed by atoms with E-state index in [0.717, 1.165) is 6.42 Å². The van der Waals surface area contributed by atoms with Crippen LogP contribution in [0.4, 0.5) is 5.69 Å². The highest BCUT2D eigenvalue weighted by Crippen LogP contribution is 2.27. The maximum Gasteiger partial charge on any atom is 0.252 e. The molecular weight excluding hydrogens is 328 g/mol. The molecule has 0 radical (unpaired) electrons. The number of hydrogen-bond acceptors (Lipinski definition) is 4. The van der Waals surface area contributed by atoms with E-state index in [-0.39, 0.29) is 22.2 Å². The Morgan fingerprint density at radius 1 is 1.41 bits per heavy atom. The molecule has 0 spiro atoms. The van der Waals surface area contributed by atoms with Crippen molar-refractivity contribution in [3.8, 4) is 0 Å². The molecule has 1 aliphatic rings. The Balaban J connectivity index is 2.24. The van der Waals surface area contributed by atoms with Gasteiger partial charge in [-0.25, -0.2) is 8.42 Å². The topological polar surface area (TPSA) is 75.7 Å². The highest BCUT2D eigenvalue weighted by molar-refractivity contribution is 7.92. The number of benzene rings is 1. The van der Waals surface area contributed by atoms with E-state index in [1.807, 2.05) is 0 Å². The first-order valence-electron chi connectivity index (χ1n) is 7.03.